The fourth-order valence-electron chi connectivity index (χ4n) is 5.49. The van der Waals surface area contributed by atoms with Crippen LogP contribution in [0.15, 0.2) is 0 Å². The first-order valence-corrected chi connectivity index (χ1v) is 14.9. The van der Waals surface area contributed by atoms with Crippen LogP contribution in [0, 0.1) is 38.5 Å². The zero-order chi connectivity index (χ0) is 29.0. The van der Waals surface area contributed by atoms with Crippen molar-refractivity contribution in [1.82, 2.24) is 0 Å². The normalized spacial score (nSPS) is 18.2. The van der Waals surface area contributed by atoms with E-state index in [0.29, 0.717) is 5.75 Å². The van der Waals surface area contributed by atoms with Crippen molar-refractivity contribution >= 4 is 11.8 Å². The van der Waals surface area contributed by atoms with E-state index in [4.69, 9.17) is 9.84 Å². The number of carbonyl (C=O) groups excluding carboxylic acids is 1. The maximum Gasteiger partial charge on any atom is 0.310 e. The highest BCUT2D eigenvalue weighted by Gasteiger charge is 2.34. The van der Waals surface area contributed by atoms with Gasteiger partial charge >= 0.3 is 5.97 Å². The molecule has 2 N–H and O–H groups in total. The molecule has 0 amide bonds. The van der Waals surface area contributed by atoms with Crippen molar-refractivity contribution in [3.63, 3.8) is 0 Å². The van der Waals surface area contributed by atoms with E-state index in [2.05, 4.69) is 41.5 Å². The molecule has 1 aromatic carbocycles. The van der Waals surface area contributed by atoms with Crippen molar-refractivity contribution in [2.75, 3.05) is 0 Å². The molecule has 3 atom stereocenters. The topological polar surface area (TPSA) is 83.8 Å². The Bertz CT molecular complexity index is 891. The van der Waals surface area contributed by atoms with Gasteiger partial charge in [0.1, 0.15) is 29.3 Å². The predicted octanol–water partition coefficient (Wildman–Crippen LogP) is 8.89. The van der Waals surface area contributed by atoms with Gasteiger partial charge in [-0.15, -0.1) is 0 Å². The van der Waals surface area contributed by atoms with Crippen LogP contribution in [-0.2, 0) is 16.0 Å². The number of ether oxygens (including phenoxy) is 1. The first kappa shape index (κ1) is 34.0. The molecule has 0 fully saturated rings. The smallest absolute Gasteiger partial charge is 0.310 e. The standard InChI is InChI=1S/C29H50O2.C4H6O3/c1-20(2)12-9-13-21(3)14-10-15-22(4)16-11-18-29(8)19-17-26-25(7)27(30)23(5)24(6)28(26)31-29;1-3(5)2-4(6)7/h20-22,30H,9-19H2,1-8H3;2H2,1H3,(H,6,7)/t21?,22?,29-;/m1./s1. The van der Waals surface area contributed by atoms with E-state index in [0.717, 1.165) is 59.5 Å². The van der Waals surface area contributed by atoms with Gasteiger partial charge in [-0.3, -0.25) is 9.59 Å². The third kappa shape index (κ3) is 11.8. The Labute approximate surface area is 232 Å². The highest BCUT2D eigenvalue weighted by Crippen LogP contribution is 2.44. The van der Waals surface area contributed by atoms with E-state index in [1.54, 1.807) is 0 Å². The van der Waals surface area contributed by atoms with Gasteiger partial charge in [0, 0.05) is 5.56 Å². The summed E-state index contributed by atoms with van der Waals surface area (Å²) in [5, 5.41) is 18.3. The molecule has 5 nitrogen and oxygen atoms in total. The first-order chi connectivity index (χ1) is 17.7. The molecule has 1 aromatic rings. The average molecular weight is 533 g/mol. The van der Waals surface area contributed by atoms with Gasteiger partial charge in [-0.1, -0.05) is 72.6 Å². The third-order valence-electron chi connectivity index (χ3n) is 8.27. The van der Waals surface area contributed by atoms with E-state index in [-0.39, 0.29) is 17.8 Å². The highest BCUT2D eigenvalue weighted by molar-refractivity contribution is 5.93. The summed E-state index contributed by atoms with van der Waals surface area (Å²) < 4.78 is 6.60. The van der Waals surface area contributed by atoms with Crippen LogP contribution < -0.4 is 4.74 Å². The lowest BCUT2D eigenvalue weighted by atomic mass is 9.84. The number of Topliss-reactive ketones (excluding diaryl/α,β-unsaturated/α-hetero) is 1. The van der Waals surface area contributed by atoms with Gasteiger partial charge in [-0.2, -0.15) is 0 Å². The summed E-state index contributed by atoms with van der Waals surface area (Å²) in [6.45, 7) is 19.2. The quantitative estimate of drug-likeness (QED) is 0.234. The number of aliphatic carboxylic acids is 1. The number of carboxylic acid groups (broad SMARTS) is 1. The molecule has 0 bridgehead atoms. The maximum absolute atomic E-state index is 10.4. The van der Waals surface area contributed by atoms with Gasteiger partial charge in [0.05, 0.1) is 0 Å². The molecular formula is C33H56O5. The minimum atomic E-state index is -1.06. The van der Waals surface area contributed by atoms with Crippen LogP contribution in [0.2, 0.25) is 0 Å². The molecule has 0 aromatic heterocycles. The van der Waals surface area contributed by atoms with Crippen molar-refractivity contribution in [1.29, 1.82) is 0 Å². The first-order valence-electron chi connectivity index (χ1n) is 14.9. The number of benzene rings is 1. The van der Waals surface area contributed by atoms with E-state index < -0.39 is 5.97 Å². The van der Waals surface area contributed by atoms with Gasteiger partial charge in [-0.25, -0.2) is 0 Å². The predicted molar refractivity (Wildman–Crippen MR) is 157 cm³/mol. The van der Waals surface area contributed by atoms with E-state index in [1.165, 1.54) is 63.9 Å². The Kier molecular flexibility index (Phi) is 14.4. The van der Waals surface area contributed by atoms with E-state index in [9.17, 15) is 14.7 Å². The Morgan fingerprint density at radius 2 is 1.39 bits per heavy atom. The number of ketones is 1. The zero-order valence-electron chi connectivity index (χ0n) is 25.8. The number of carbonyl (C=O) groups is 2. The number of fused-ring (bicyclic) bond motifs is 1. The molecule has 218 valence electrons. The summed E-state index contributed by atoms with van der Waals surface area (Å²) >= 11 is 0. The van der Waals surface area contributed by atoms with Crippen molar-refractivity contribution in [2.24, 2.45) is 17.8 Å². The van der Waals surface area contributed by atoms with Gasteiger partial charge in [-0.05, 0) is 94.7 Å². The summed E-state index contributed by atoms with van der Waals surface area (Å²) in [6, 6.07) is 0. The number of rotatable bonds is 14. The summed E-state index contributed by atoms with van der Waals surface area (Å²) in [7, 11) is 0. The number of carboxylic acids is 1. The number of hydrogen-bond donors (Lipinski definition) is 2. The summed E-state index contributed by atoms with van der Waals surface area (Å²) in [4.78, 5) is 19.5. The van der Waals surface area contributed by atoms with Crippen LogP contribution in [0.1, 0.15) is 134 Å². The monoisotopic (exact) mass is 532 g/mol. The van der Waals surface area contributed by atoms with Crippen LogP contribution >= 0.6 is 0 Å². The number of phenolic OH excluding ortho intramolecular Hbond substituents is 1. The van der Waals surface area contributed by atoms with Crippen LogP contribution in [0.4, 0.5) is 0 Å². The van der Waals surface area contributed by atoms with Crippen molar-refractivity contribution < 1.29 is 24.5 Å². The van der Waals surface area contributed by atoms with Gasteiger partial charge in [0.25, 0.3) is 0 Å². The molecule has 5 heteroatoms. The fraction of sp³-hybridized carbons (Fsp3) is 0.758. The third-order valence-corrected chi connectivity index (χ3v) is 8.27. The fourth-order valence-corrected chi connectivity index (χ4v) is 5.49. The minimum absolute atomic E-state index is 0.0712. The summed E-state index contributed by atoms with van der Waals surface area (Å²) in [5.74, 6) is 2.66. The Balaban J connectivity index is 0.000000905. The van der Waals surface area contributed by atoms with Crippen LogP contribution in [-0.4, -0.2) is 27.6 Å². The maximum atomic E-state index is 10.4. The molecule has 0 saturated carbocycles. The molecule has 1 aliphatic heterocycles. The van der Waals surface area contributed by atoms with Gasteiger partial charge in [0.2, 0.25) is 0 Å². The van der Waals surface area contributed by atoms with Gasteiger partial charge in [0.15, 0.2) is 0 Å². The van der Waals surface area contributed by atoms with Crippen LogP contribution in [0.5, 0.6) is 11.5 Å². The number of phenols is 1. The number of aromatic hydroxyl groups is 1. The van der Waals surface area contributed by atoms with E-state index in [1.807, 2.05) is 13.8 Å². The molecule has 0 saturated heterocycles. The van der Waals surface area contributed by atoms with Crippen LogP contribution in [0.25, 0.3) is 0 Å². The second-order valence-corrected chi connectivity index (χ2v) is 12.7. The Hall–Kier alpha value is -2.04. The summed E-state index contributed by atoms with van der Waals surface area (Å²) in [6.07, 6.45) is 13.7. The SMILES string of the molecule is CC(=O)CC(=O)O.Cc1c(C)c2c(c(C)c1O)CC[C@@](C)(CCCC(C)CCCC(C)CCCC(C)C)O2. The Morgan fingerprint density at radius 1 is 0.868 bits per heavy atom. The van der Waals surface area contributed by atoms with Crippen LogP contribution in [0.3, 0.4) is 0 Å². The average Bonchev–Trinajstić information content (AvgIpc) is 2.80. The molecule has 0 radical (unpaired) electrons. The lowest BCUT2D eigenvalue weighted by molar-refractivity contribution is -0.139. The Morgan fingerprint density at radius 3 is 1.87 bits per heavy atom. The largest absolute Gasteiger partial charge is 0.507 e. The summed E-state index contributed by atoms with van der Waals surface area (Å²) in [5.41, 5.74) is 4.23. The van der Waals surface area contributed by atoms with Crippen molar-refractivity contribution in [2.45, 2.75) is 145 Å². The second kappa shape index (κ2) is 16.2. The van der Waals surface area contributed by atoms with Crippen molar-refractivity contribution in [3.8, 4) is 11.5 Å². The second-order valence-electron chi connectivity index (χ2n) is 12.7. The zero-order valence-corrected chi connectivity index (χ0v) is 25.8. The number of hydrogen-bond acceptors (Lipinski definition) is 4. The molecule has 0 aliphatic carbocycles. The molecule has 0 spiro atoms. The highest BCUT2D eigenvalue weighted by atomic mass is 16.5. The molecule has 2 rings (SSSR count). The lowest BCUT2D eigenvalue weighted by Crippen LogP contribution is -2.37. The molecule has 1 heterocycles. The van der Waals surface area contributed by atoms with Crippen molar-refractivity contribution in [3.05, 3.63) is 22.3 Å². The minimum Gasteiger partial charge on any atom is -0.507 e. The molecule has 38 heavy (non-hydrogen) atoms. The molecular weight excluding hydrogens is 476 g/mol. The van der Waals surface area contributed by atoms with E-state index >= 15 is 0 Å². The van der Waals surface area contributed by atoms with Gasteiger partial charge < -0.3 is 14.9 Å². The molecule has 1 aliphatic rings. The molecule has 2 unspecified atom stereocenters. The lowest BCUT2D eigenvalue weighted by Gasteiger charge is -2.38.